The van der Waals surface area contributed by atoms with E-state index in [1.165, 1.54) is 34.9 Å². The van der Waals surface area contributed by atoms with E-state index in [4.69, 9.17) is 0 Å². The molecule has 0 saturated carbocycles. The lowest BCUT2D eigenvalue weighted by atomic mass is 9.98. The molecular formula is C11H12BrNS. The Labute approximate surface area is 96.3 Å². The summed E-state index contributed by atoms with van der Waals surface area (Å²) in [6, 6.07) is 1.36. The van der Waals surface area contributed by atoms with E-state index in [1.807, 2.05) is 0 Å². The summed E-state index contributed by atoms with van der Waals surface area (Å²) in [4.78, 5) is 0. The van der Waals surface area contributed by atoms with E-state index in [-0.39, 0.29) is 0 Å². The van der Waals surface area contributed by atoms with Crippen LogP contribution in [0.3, 0.4) is 0 Å². The van der Waals surface area contributed by atoms with Gasteiger partial charge in [0.2, 0.25) is 0 Å². The van der Waals surface area contributed by atoms with Gasteiger partial charge in [-0.05, 0) is 46.1 Å². The first-order valence-corrected chi connectivity index (χ1v) is 6.75. The lowest BCUT2D eigenvalue weighted by Gasteiger charge is -2.21. The maximum atomic E-state index is 3.61. The molecule has 3 heterocycles. The molecule has 2 bridgehead atoms. The second-order valence-electron chi connectivity index (χ2n) is 4.08. The van der Waals surface area contributed by atoms with Gasteiger partial charge >= 0.3 is 0 Å². The molecule has 0 spiro atoms. The first-order valence-electron chi connectivity index (χ1n) is 5.02. The van der Waals surface area contributed by atoms with Crippen molar-refractivity contribution in [1.29, 1.82) is 0 Å². The highest BCUT2D eigenvalue weighted by Crippen LogP contribution is 2.36. The Hall–Kier alpha value is -0.120. The summed E-state index contributed by atoms with van der Waals surface area (Å²) >= 11 is 5.39. The maximum absolute atomic E-state index is 3.61. The van der Waals surface area contributed by atoms with Crippen LogP contribution in [0.25, 0.3) is 5.57 Å². The highest BCUT2D eigenvalue weighted by Gasteiger charge is 2.28. The monoisotopic (exact) mass is 269 g/mol. The molecule has 2 atom stereocenters. The fourth-order valence-corrected chi connectivity index (χ4v) is 4.00. The van der Waals surface area contributed by atoms with Gasteiger partial charge in [-0.1, -0.05) is 6.08 Å². The third-order valence-corrected chi connectivity index (χ3v) is 4.81. The van der Waals surface area contributed by atoms with Crippen molar-refractivity contribution < 1.29 is 0 Å². The largest absolute Gasteiger partial charge is 0.307 e. The third kappa shape index (κ3) is 1.47. The molecule has 0 radical (unpaired) electrons. The SMILES string of the molecule is Brc1cscc1C1=CC2CCC(C1)N2. The Balaban J connectivity index is 1.96. The van der Waals surface area contributed by atoms with Crippen LogP contribution in [0.1, 0.15) is 24.8 Å². The van der Waals surface area contributed by atoms with E-state index in [9.17, 15) is 0 Å². The van der Waals surface area contributed by atoms with Crippen LogP contribution < -0.4 is 5.32 Å². The van der Waals surface area contributed by atoms with Crippen LogP contribution in [-0.2, 0) is 0 Å². The van der Waals surface area contributed by atoms with Crippen LogP contribution in [0, 0.1) is 0 Å². The molecule has 74 valence electrons. The van der Waals surface area contributed by atoms with Gasteiger partial charge in [-0.3, -0.25) is 0 Å². The molecule has 1 aromatic rings. The second-order valence-corrected chi connectivity index (χ2v) is 5.67. The number of halogens is 1. The molecule has 3 rings (SSSR count). The van der Waals surface area contributed by atoms with Crippen molar-refractivity contribution in [2.45, 2.75) is 31.3 Å². The molecule has 1 saturated heterocycles. The molecule has 3 heteroatoms. The second kappa shape index (κ2) is 3.47. The van der Waals surface area contributed by atoms with E-state index in [1.54, 1.807) is 11.3 Å². The molecule has 2 aliphatic rings. The van der Waals surface area contributed by atoms with Gasteiger partial charge in [0.1, 0.15) is 0 Å². The molecule has 1 N–H and O–H groups in total. The third-order valence-electron chi connectivity index (χ3n) is 3.11. The fraction of sp³-hybridized carbons (Fsp3) is 0.455. The highest BCUT2D eigenvalue weighted by atomic mass is 79.9. The molecule has 0 amide bonds. The zero-order valence-corrected chi connectivity index (χ0v) is 10.2. The first kappa shape index (κ1) is 9.13. The van der Waals surface area contributed by atoms with Crippen molar-refractivity contribution >= 4 is 32.8 Å². The minimum absolute atomic E-state index is 0.635. The van der Waals surface area contributed by atoms with Gasteiger partial charge in [0.05, 0.1) is 0 Å². The topological polar surface area (TPSA) is 12.0 Å². The number of fused-ring (bicyclic) bond motifs is 2. The van der Waals surface area contributed by atoms with Gasteiger partial charge < -0.3 is 5.32 Å². The van der Waals surface area contributed by atoms with Crippen LogP contribution in [0.15, 0.2) is 21.3 Å². The number of nitrogens with one attached hydrogen (secondary N) is 1. The predicted molar refractivity (Wildman–Crippen MR) is 64.6 cm³/mol. The van der Waals surface area contributed by atoms with Crippen LogP contribution in [-0.4, -0.2) is 12.1 Å². The summed E-state index contributed by atoms with van der Waals surface area (Å²) in [6.45, 7) is 0. The summed E-state index contributed by atoms with van der Waals surface area (Å²) in [5, 5.41) is 8.03. The van der Waals surface area contributed by atoms with E-state index in [2.05, 4.69) is 38.1 Å². The van der Waals surface area contributed by atoms with Crippen LogP contribution >= 0.6 is 27.3 Å². The van der Waals surface area contributed by atoms with Crippen LogP contribution in [0.2, 0.25) is 0 Å². The van der Waals surface area contributed by atoms with E-state index >= 15 is 0 Å². The standard InChI is InChI=1S/C11H12BrNS/c12-11-6-14-5-10(11)7-3-8-1-2-9(4-7)13-8/h3,5-6,8-9,13H,1-2,4H2. The minimum Gasteiger partial charge on any atom is -0.307 e. The molecule has 1 aromatic heterocycles. The Morgan fingerprint density at radius 2 is 2.29 bits per heavy atom. The summed E-state index contributed by atoms with van der Waals surface area (Å²) < 4.78 is 1.26. The van der Waals surface area contributed by atoms with Crippen molar-refractivity contribution in [3.8, 4) is 0 Å². The molecule has 2 unspecified atom stereocenters. The Kier molecular flexibility index (Phi) is 2.26. The van der Waals surface area contributed by atoms with Gasteiger partial charge in [-0.2, -0.15) is 11.3 Å². The number of rotatable bonds is 1. The Morgan fingerprint density at radius 3 is 3.00 bits per heavy atom. The quantitative estimate of drug-likeness (QED) is 0.824. The predicted octanol–water partition coefficient (Wildman–Crippen LogP) is 3.42. The van der Waals surface area contributed by atoms with E-state index in [0.29, 0.717) is 6.04 Å². The summed E-state index contributed by atoms with van der Waals surface area (Å²) in [6.07, 6.45) is 6.27. The summed E-state index contributed by atoms with van der Waals surface area (Å²) in [7, 11) is 0. The average molecular weight is 270 g/mol. The number of hydrogen-bond acceptors (Lipinski definition) is 2. The van der Waals surface area contributed by atoms with Crippen molar-refractivity contribution in [3.05, 3.63) is 26.9 Å². The zero-order valence-electron chi connectivity index (χ0n) is 7.79. The Morgan fingerprint density at radius 1 is 1.36 bits per heavy atom. The number of hydrogen-bond donors (Lipinski definition) is 1. The maximum Gasteiger partial charge on any atom is 0.0357 e. The minimum atomic E-state index is 0.635. The van der Waals surface area contributed by atoms with Gasteiger partial charge in [-0.15, -0.1) is 0 Å². The summed E-state index contributed by atoms with van der Waals surface area (Å²) in [5.74, 6) is 0. The smallest absolute Gasteiger partial charge is 0.0357 e. The molecule has 0 aliphatic carbocycles. The molecule has 1 nitrogen and oxygen atoms in total. The highest BCUT2D eigenvalue weighted by molar-refractivity contribution is 9.10. The van der Waals surface area contributed by atoms with Gasteiger partial charge in [0, 0.05) is 27.5 Å². The van der Waals surface area contributed by atoms with Crippen molar-refractivity contribution in [2.75, 3.05) is 0 Å². The van der Waals surface area contributed by atoms with Crippen LogP contribution in [0.5, 0.6) is 0 Å². The normalized spacial score (nSPS) is 30.5. The van der Waals surface area contributed by atoms with Crippen molar-refractivity contribution in [1.82, 2.24) is 5.32 Å². The van der Waals surface area contributed by atoms with Gasteiger partial charge in [0.15, 0.2) is 0 Å². The van der Waals surface area contributed by atoms with E-state index in [0.717, 1.165) is 6.04 Å². The Bertz CT molecular complexity index is 382. The van der Waals surface area contributed by atoms with Gasteiger partial charge in [0.25, 0.3) is 0 Å². The van der Waals surface area contributed by atoms with Gasteiger partial charge in [-0.25, -0.2) is 0 Å². The molecule has 0 aromatic carbocycles. The molecule has 1 fully saturated rings. The lowest BCUT2D eigenvalue weighted by Crippen LogP contribution is -2.31. The number of thiophene rings is 1. The van der Waals surface area contributed by atoms with Crippen molar-refractivity contribution in [2.24, 2.45) is 0 Å². The first-order chi connectivity index (χ1) is 6.83. The fourth-order valence-electron chi connectivity index (χ4n) is 2.43. The molecular weight excluding hydrogens is 258 g/mol. The zero-order chi connectivity index (χ0) is 9.54. The molecule has 2 aliphatic heterocycles. The average Bonchev–Trinajstić information content (AvgIpc) is 2.73. The van der Waals surface area contributed by atoms with Crippen molar-refractivity contribution in [3.63, 3.8) is 0 Å². The van der Waals surface area contributed by atoms with E-state index < -0.39 is 0 Å². The van der Waals surface area contributed by atoms with Crippen LogP contribution in [0.4, 0.5) is 0 Å². The molecule has 14 heavy (non-hydrogen) atoms. The summed E-state index contributed by atoms with van der Waals surface area (Å²) in [5.41, 5.74) is 2.94. The lowest BCUT2D eigenvalue weighted by molar-refractivity contribution is 0.575.